The second-order valence-corrected chi connectivity index (χ2v) is 5.43. The maximum absolute atomic E-state index is 5.66. The van der Waals surface area contributed by atoms with Crippen molar-refractivity contribution >= 4 is 11.8 Å². The number of likely N-dealkylation sites (N-methyl/N-ethyl adjacent to an activating group) is 1. The zero-order valence-electron chi connectivity index (χ0n) is 11.5. The first-order valence-corrected chi connectivity index (χ1v) is 6.54. The second kappa shape index (κ2) is 5.10. The van der Waals surface area contributed by atoms with Gasteiger partial charge in [0, 0.05) is 23.8 Å². The number of hydrogen-bond acceptors (Lipinski definition) is 5. The van der Waals surface area contributed by atoms with Crippen LogP contribution in [0, 0.1) is 6.92 Å². The smallest absolute Gasteiger partial charge is 0.222 e. The van der Waals surface area contributed by atoms with Crippen molar-refractivity contribution in [2.75, 3.05) is 31.7 Å². The molecule has 1 fully saturated rings. The van der Waals surface area contributed by atoms with Gasteiger partial charge in [-0.1, -0.05) is 12.8 Å². The van der Waals surface area contributed by atoms with E-state index >= 15 is 0 Å². The van der Waals surface area contributed by atoms with E-state index in [1.54, 1.807) is 0 Å². The molecule has 5 heteroatoms. The zero-order chi connectivity index (χ0) is 13.2. The Morgan fingerprint density at radius 1 is 1.33 bits per heavy atom. The van der Waals surface area contributed by atoms with Gasteiger partial charge in [0.25, 0.3) is 0 Å². The normalized spacial score (nSPS) is 18.2. The molecule has 0 aliphatic heterocycles. The SMILES string of the molecule is Cc1cc(NCC2(N(C)C)CCCC2)nc(N)n1. The van der Waals surface area contributed by atoms with E-state index in [9.17, 15) is 0 Å². The maximum atomic E-state index is 5.66. The fourth-order valence-electron chi connectivity index (χ4n) is 2.75. The summed E-state index contributed by atoms with van der Waals surface area (Å²) in [7, 11) is 4.32. The van der Waals surface area contributed by atoms with Crippen molar-refractivity contribution in [3.63, 3.8) is 0 Å². The topological polar surface area (TPSA) is 67.1 Å². The highest BCUT2D eigenvalue weighted by molar-refractivity contribution is 5.40. The number of nitrogen functional groups attached to an aromatic ring is 1. The molecule has 1 aromatic heterocycles. The van der Waals surface area contributed by atoms with Gasteiger partial charge in [-0.2, -0.15) is 4.98 Å². The van der Waals surface area contributed by atoms with Crippen LogP contribution in [-0.4, -0.2) is 41.0 Å². The molecular formula is C13H23N5. The maximum Gasteiger partial charge on any atom is 0.222 e. The van der Waals surface area contributed by atoms with Crippen LogP contribution < -0.4 is 11.1 Å². The number of hydrogen-bond donors (Lipinski definition) is 2. The van der Waals surface area contributed by atoms with Crippen LogP contribution in [0.5, 0.6) is 0 Å². The summed E-state index contributed by atoms with van der Waals surface area (Å²) < 4.78 is 0. The Labute approximate surface area is 109 Å². The molecule has 1 aliphatic carbocycles. The van der Waals surface area contributed by atoms with Gasteiger partial charge < -0.3 is 16.0 Å². The van der Waals surface area contributed by atoms with Gasteiger partial charge in [-0.05, 0) is 33.9 Å². The number of aromatic nitrogens is 2. The molecule has 0 saturated heterocycles. The van der Waals surface area contributed by atoms with Crippen LogP contribution in [0.15, 0.2) is 6.07 Å². The van der Waals surface area contributed by atoms with Crippen LogP contribution in [0.4, 0.5) is 11.8 Å². The lowest BCUT2D eigenvalue weighted by atomic mass is 9.96. The lowest BCUT2D eigenvalue weighted by Gasteiger charge is -2.36. The highest BCUT2D eigenvalue weighted by Crippen LogP contribution is 2.33. The standard InChI is InChI=1S/C13H23N5/c1-10-8-11(17-12(14)16-10)15-9-13(18(2)3)6-4-5-7-13/h8H,4-7,9H2,1-3H3,(H3,14,15,16,17). The van der Waals surface area contributed by atoms with Gasteiger partial charge in [0.2, 0.25) is 5.95 Å². The second-order valence-electron chi connectivity index (χ2n) is 5.43. The molecule has 1 aromatic rings. The fraction of sp³-hybridized carbons (Fsp3) is 0.692. The summed E-state index contributed by atoms with van der Waals surface area (Å²) >= 11 is 0. The van der Waals surface area contributed by atoms with E-state index < -0.39 is 0 Å². The van der Waals surface area contributed by atoms with Crippen LogP contribution in [0.3, 0.4) is 0 Å². The molecule has 3 N–H and O–H groups in total. The van der Waals surface area contributed by atoms with E-state index in [1.807, 2.05) is 13.0 Å². The van der Waals surface area contributed by atoms with Gasteiger partial charge in [0.1, 0.15) is 5.82 Å². The molecule has 0 radical (unpaired) electrons. The molecule has 100 valence electrons. The van der Waals surface area contributed by atoms with Gasteiger partial charge in [0.15, 0.2) is 0 Å². The Kier molecular flexibility index (Phi) is 3.71. The first-order chi connectivity index (χ1) is 8.52. The molecule has 1 saturated carbocycles. The molecule has 5 nitrogen and oxygen atoms in total. The average Bonchev–Trinajstić information content (AvgIpc) is 2.75. The Hall–Kier alpha value is -1.36. The summed E-state index contributed by atoms with van der Waals surface area (Å²) in [6.07, 6.45) is 5.11. The molecule has 0 spiro atoms. The summed E-state index contributed by atoms with van der Waals surface area (Å²) in [5, 5.41) is 3.42. The number of nitrogens with one attached hydrogen (secondary N) is 1. The van der Waals surface area contributed by atoms with Crippen molar-refractivity contribution in [3.05, 3.63) is 11.8 Å². The van der Waals surface area contributed by atoms with Crippen molar-refractivity contribution < 1.29 is 0 Å². The van der Waals surface area contributed by atoms with E-state index in [2.05, 4.69) is 34.3 Å². The fourth-order valence-corrected chi connectivity index (χ4v) is 2.75. The van der Waals surface area contributed by atoms with Crippen LogP contribution in [0.1, 0.15) is 31.4 Å². The first kappa shape index (κ1) is 13.1. The lowest BCUT2D eigenvalue weighted by Crippen LogP contribution is -2.47. The summed E-state index contributed by atoms with van der Waals surface area (Å²) in [4.78, 5) is 10.6. The van der Waals surface area contributed by atoms with Gasteiger partial charge in [-0.3, -0.25) is 0 Å². The van der Waals surface area contributed by atoms with Crippen molar-refractivity contribution in [1.82, 2.24) is 14.9 Å². The first-order valence-electron chi connectivity index (χ1n) is 6.54. The zero-order valence-corrected chi connectivity index (χ0v) is 11.5. The number of rotatable bonds is 4. The van der Waals surface area contributed by atoms with E-state index in [-0.39, 0.29) is 5.54 Å². The lowest BCUT2D eigenvalue weighted by molar-refractivity contribution is 0.172. The third kappa shape index (κ3) is 2.72. The molecule has 2 rings (SSSR count). The third-order valence-electron chi connectivity index (χ3n) is 3.95. The number of aryl methyl sites for hydroxylation is 1. The van der Waals surface area contributed by atoms with Crippen LogP contribution in [-0.2, 0) is 0 Å². The van der Waals surface area contributed by atoms with Crippen molar-refractivity contribution in [1.29, 1.82) is 0 Å². The van der Waals surface area contributed by atoms with Gasteiger partial charge >= 0.3 is 0 Å². The number of anilines is 2. The van der Waals surface area contributed by atoms with E-state index in [1.165, 1.54) is 25.7 Å². The van der Waals surface area contributed by atoms with Crippen molar-refractivity contribution in [2.24, 2.45) is 0 Å². The summed E-state index contributed by atoms with van der Waals surface area (Å²) in [6.45, 7) is 2.84. The molecule has 1 aliphatic rings. The largest absolute Gasteiger partial charge is 0.368 e. The highest BCUT2D eigenvalue weighted by Gasteiger charge is 2.35. The van der Waals surface area contributed by atoms with Crippen LogP contribution >= 0.6 is 0 Å². The monoisotopic (exact) mass is 249 g/mol. The summed E-state index contributed by atoms with van der Waals surface area (Å²) in [6, 6.07) is 1.94. The highest BCUT2D eigenvalue weighted by atomic mass is 15.2. The average molecular weight is 249 g/mol. The molecule has 0 aromatic carbocycles. The summed E-state index contributed by atoms with van der Waals surface area (Å²) in [5.74, 6) is 1.16. The predicted octanol–water partition coefficient (Wildman–Crippen LogP) is 1.65. The molecule has 0 amide bonds. The predicted molar refractivity (Wildman–Crippen MR) is 74.6 cm³/mol. The number of nitrogens with zero attached hydrogens (tertiary/aromatic N) is 3. The quantitative estimate of drug-likeness (QED) is 0.849. The molecule has 0 atom stereocenters. The molecule has 0 unspecified atom stereocenters. The van der Waals surface area contributed by atoms with Crippen molar-refractivity contribution in [3.8, 4) is 0 Å². The van der Waals surface area contributed by atoms with Crippen LogP contribution in [0.25, 0.3) is 0 Å². The minimum Gasteiger partial charge on any atom is -0.368 e. The van der Waals surface area contributed by atoms with Gasteiger partial charge in [-0.25, -0.2) is 4.98 Å². The number of nitrogens with two attached hydrogens (primary N) is 1. The van der Waals surface area contributed by atoms with E-state index in [4.69, 9.17) is 5.73 Å². The molecular weight excluding hydrogens is 226 g/mol. The third-order valence-corrected chi connectivity index (χ3v) is 3.95. The van der Waals surface area contributed by atoms with E-state index in [0.29, 0.717) is 5.95 Å². The van der Waals surface area contributed by atoms with Crippen molar-refractivity contribution in [2.45, 2.75) is 38.1 Å². The Morgan fingerprint density at radius 3 is 2.56 bits per heavy atom. The Bertz CT molecular complexity index is 390. The Morgan fingerprint density at radius 2 is 2.00 bits per heavy atom. The molecule has 1 heterocycles. The molecule has 0 bridgehead atoms. The van der Waals surface area contributed by atoms with E-state index in [0.717, 1.165) is 18.1 Å². The van der Waals surface area contributed by atoms with Crippen LogP contribution in [0.2, 0.25) is 0 Å². The summed E-state index contributed by atoms with van der Waals surface area (Å²) in [5.41, 5.74) is 6.82. The Balaban J connectivity index is 2.05. The van der Waals surface area contributed by atoms with Gasteiger partial charge in [-0.15, -0.1) is 0 Å². The minimum absolute atomic E-state index is 0.258. The molecule has 18 heavy (non-hydrogen) atoms. The van der Waals surface area contributed by atoms with Gasteiger partial charge in [0.05, 0.1) is 0 Å². The minimum atomic E-state index is 0.258.